The lowest BCUT2D eigenvalue weighted by molar-refractivity contribution is 0.494. The van der Waals surface area contributed by atoms with Gasteiger partial charge in [-0.25, -0.2) is 0 Å². The van der Waals surface area contributed by atoms with Crippen LogP contribution in [-0.4, -0.2) is 0 Å². The predicted octanol–water partition coefficient (Wildman–Crippen LogP) is 4.86. The molecular formula is C16H18BrN. The first-order valence-corrected chi connectivity index (χ1v) is 7.02. The van der Waals surface area contributed by atoms with Gasteiger partial charge in [-0.3, -0.25) is 0 Å². The van der Waals surface area contributed by atoms with E-state index in [-0.39, 0.29) is 0 Å². The Morgan fingerprint density at radius 3 is 1.83 bits per heavy atom. The van der Waals surface area contributed by atoms with E-state index in [0.717, 1.165) is 4.47 Å². The van der Waals surface area contributed by atoms with Gasteiger partial charge in [0.1, 0.15) is 0 Å². The number of hydrogen-bond acceptors (Lipinski definition) is 1. The van der Waals surface area contributed by atoms with Gasteiger partial charge < -0.3 is 5.32 Å². The molecule has 0 saturated heterocycles. The zero-order valence-corrected chi connectivity index (χ0v) is 12.3. The van der Waals surface area contributed by atoms with Gasteiger partial charge in [-0.05, 0) is 37.1 Å². The van der Waals surface area contributed by atoms with Crippen LogP contribution in [0, 0.1) is 0 Å². The highest BCUT2D eigenvalue weighted by atomic mass is 79.9. The van der Waals surface area contributed by atoms with Crippen molar-refractivity contribution in [3.63, 3.8) is 0 Å². The van der Waals surface area contributed by atoms with Crippen molar-refractivity contribution in [1.29, 1.82) is 0 Å². The molecule has 0 aromatic heterocycles. The number of benzene rings is 2. The minimum absolute atomic E-state index is 0.341. The van der Waals surface area contributed by atoms with Crippen molar-refractivity contribution in [3.05, 3.63) is 70.2 Å². The molecule has 2 rings (SSSR count). The van der Waals surface area contributed by atoms with E-state index in [9.17, 15) is 0 Å². The van der Waals surface area contributed by atoms with E-state index in [1.807, 2.05) is 6.07 Å². The van der Waals surface area contributed by atoms with E-state index in [2.05, 4.69) is 83.6 Å². The zero-order chi connectivity index (χ0) is 13.0. The van der Waals surface area contributed by atoms with Gasteiger partial charge in [0.05, 0.1) is 0 Å². The lowest BCUT2D eigenvalue weighted by Crippen LogP contribution is -2.22. The molecule has 0 aliphatic heterocycles. The Balaban J connectivity index is 2.03. The van der Waals surface area contributed by atoms with Crippen LogP contribution in [0.2, 0.25) is 0 Å². The van der Waals surface area contributed by atoms with Gasteiger partial charge in [0.2, 0.25) is 0 Å². The normalized spacial score (nSPS) is 14.2. The third-order valence-corrected chi connectivity index (χ3v) is 3.70. The average molecular weight is 304 g/mol. The topological polar surface area (TPSA) is 12.0 Å². The van der Waals surface area contributed by atoms with Crippen LogP contribution in [0.1, 0.15) is 37.1 Å². The summed E-state index contributed by atoms with van der Waals surface area (Å²) in [4.78, 5) is 0. The molecule has 2 aromatic carbocycles. The smallest absolute Gasteiger partial charge is 0.0297 e. The molecule has 2 heteroatoms. The minimum Gasteiger partial charge on any atom is -0.304 e. The molecule has 1 nitrogen and oxygen atoms in total. The summed E-state index contributed by atoms with van der Waals surface area (Å²) in [5, 5.41) is 3.62. The molecule has 0 bridgehead atoms. The second-order valence-corrected chi connectivity index (χ2v) is 5.49. The van der Waals surface area contributed by atoms with Gasteiger partial charge in [-0.15, -0.1) is 0 Å². The van der Waals surface area contributed by atoms with E-state index in [0.29, 0.717) is 12.1 Å². The third-order valence-electron chi connectivity index (χ3n) is 3.17. The zero-order valence-electron chi connectivity index (χ0n) is 10.7. The summed E-state index contributed by atoms with van der Waals surface area (Å²) in [5.41, 5.74) is 2.63. The molecule has 2 atom stereocenters. The minimum atomic E-state index is 0.341. The summed E-state index contributed by atoms with van der Waals surface area (Å²) in [5.74, 6) is 0. The van der Waals surface area contributed by atoms with Gasteiger partial charge in [0, 0.05) is 16.6 Å². The number of rotatable bonds is 4. The van der Waals surface area contributed by atoms with Crippen LogP contribution in [0.15, 0.2) is 59.1 Å². The van der Waals surface area contributed by atoms with Crippen molar-refractivity contribution in [3.8, 4) is 0 Å². The van der Waals surface area contributed by atoms with Crippen molar-refractivity contribution >= 4 is 15.9 Å². The molecule has 0 amide bonds. The highest BCUT2D eigenvalue weighted by molar-refractivity contribution is 9.10. The summed E-state index contributed by atoms with van der Waals surface area (Å²) in [6.07, 6.45) is 0. The van der Waals surface area contributed by atoms with E-state index in [1.165, 1.54) is 11.1 Å². The molecule has 2 unspecified atom stereocenters. The van der Waals surface area contributed by atoms with Crippen LogP contribution in [0.3, 0.4) is 0 Å². The number of hydrogen-bond donors (Lipinski definition) is 1. The Labute approximate surface area is 117 Å². The molecule has 0 heterocycles. The maximum atomic E-state index is 3.62. The van der Waals surface area contributed by atoms with Crippen LogP contribution >= 0.6 is 15.9 Å². The number of halogens is 1. The quantitative estimate of drug-likeness (QED) is 0.850. The molecule has 2 aromatic rings. The van der Waals surface area contributed by atoms with Crippen LogP contribution in [0.5, 0.6) is 0 Å². The molecule has 0 spiro atoms. The molecule has 1 N–H and O–H groups in total. The summed E-state index contributed by atoms with van der Waals surface area (Å²) < 4.78 is 1.12. The number of nitrogens with one attached hydrogen (secondary N) is 1. The molecule has 94 valence electrons. The fraction of sp³-hybridized carbons (Fsp3) is 0.250. The highest BCUT2D eigenvalue weighted by Gasteiger charge is 2.10. The largest absolute Gasteiger partial charge is 0.304 e. The average Bonchev–Trinajstić information content (AvgIpc) is 2.40. The second-order valence-electron chi connectivity index (χ2n) is 4.57. The van der Waals surface area contributed by atoms with Gasteiger partial charge in [-0.1, -0.05) is 58.4 Å². The summed E-state index contributed by atoms with van der Waals surface area (Å²) >= 11 is 3.46. The summed E-state index contributed by atoms with van der Waals surface area (Å²) in [6, 6.07) is 19.7. The highest BCUT2D eigenvalue weighted by Crippen LogP contribution is 2.20. The fourth-order valence-electron chi connectivity index (χ4n) is 2.06. The van der Waals surface area contributed by atoms with E-state index >= 15 is 0 Å². The Bertz CT molecular complexity index is 478. The first kappa shape index (κ1) is 13.3. The molecule has 0 aliphatic carbocycles. The van der Waals surface area contributed by atoms with Crippen molar-refractivity contribution in [2.75, 3.05) is 0 Å². The van der Waals surface area contributed by atoms with E-state index < -0.39 is 0 Å². The molecular weight excluding hydrogens is 286 g/mol. The SMILES string of the molecule is CC(NC(C)c1ccc(Br)cc1)c1ccccc1. The van der Waals surface area contributed by atoms with Crippen molar-refractivity contribution in [1.82, 2.24) is 5.32 Å². The monoisotopic (exact) mass is 303 g/mol. The van der Waals surface area contributed by atoms with Crippen molar-refractivity contribution in [2.24, 2.45) is 0 Å². The van der Waals surface area contributed by atoms with Gasteiger partial charge >= 0.3 is 0 Å². The Morgan fingerprint density at radius 2 is 1.28 bits per heavy atom. The fourth-order valence-corrected chi connectivity index (χ4v) is 2.32. The van der Waals surface area contributed by atoms with E-state index in [4.69, 9.17) is 0 Å². The maximum absolute atomic E-state index is 3.62. The molecule has 18 heavy (non-hydrogen) atoms. The molecule has 0 saturated carbocycles. The lowest BCUT2D eigenvalue weighted by atomic mass is 10.0. The Morgan fingerprint density at radius 1 is 0.778 bits per heavy atom. The summed E-state index contributed by atoms with van der Waals surface area (Å²) in [7, 11) is 0. The van der Waals surface area contributed by atoms with Crippen LogP contribution in [0.4, 0.5) is 0 Å². The Kier molecular flexibility index (Phi) is 4.56. The van der Waals surface area contributed by atoms with Crippen molar-refractivity contribution in [2.45, 2.75) is 25.9 Å². The maximum Gasteiger partial charge on any atom is 0.0297 e. The Hall–Kier alpha value is -1.12. The molecule has 0 aliphatic rings. The standard InChI is InChI=1S/C16H18BrN/c1-12(14-6-4-3-5-7-14)18-13(2)15-8-10-16(17)11-9-15/h3-13,18H,1-2H3. The molecule has 0 fully saturated rings. The van der Waals surface area contributed by atoms with Gasteiger partial charge in [0.25, 0.3) is 0 Å². The predicted molar refractivity (Wildman–Crippen MR) is 80.5 cm³/mol. The lowest BCUT2D eigenvalue weighted by Gasteiger charge is -2.20. The van der Waals surface area contributed by atoms with Crippen LogP contribution in [-0.2, 0) is 0 Å². The first-order valence-electron chi connectivity index (χ1n) is 6.23. The second kappa shape index (κ2) is 6.17. The van der Waals surface area contributed by atoms with Crippen molar-refractivity contribution < 1.29 is 0 Å². The first-order chi connectivity index (χ1) is 8.66. The molecule has 0 radical (unpaired) electrons. The summed E-state index contributed by atoms with van der Waals surface area (Å²) in [6.45, 7) is 4.40. The van der Waals surface area contributed by atoms with E-state index in [1.54, 1.807) is 0 Å². The van der Waals surface area contributed by atoms with Crippen LogP contribution < -0.4 is 5.32 Å². The van der Waals surface area contributed by atoms with Crippen LogP contribution in [0.25, 0.3) is 0 Å². The van der Waals surface area contributed by atoms with Gasteiger partial charge in [-0.2, -0.15) is 0 Å². The third kappa shape index (κ3) is 3.44. The van der Waals surface area contributed by atoms with Gasteiger partial charge in [0.15, 0.2) is 0 Å².